The summed E-state index contributed by atoms with van der Waals surface area (Å²) in [4.78, 5) is 14.6. The molecular formula is C19H27NO3. The fourth-order valence-electron chi connectivity index (χ4n) is 3.53. The van der Waals surface area contributed by atoms with Crippen LogP contribution in [-0.4, -0.2) is 37.6 Å². The normalized spacial score (nSPS) is 21.1. The number of rotatable bonds is 6. The molecule has 3 rings (SSSR count). The van der Waals surface area contributed by atoms with E-state index in [1.54, 1.807) is 14.2 Å². The number of methoxy groups -OCH3 is 2. The average molecular weight is 317 g/mol. The van der Waals surface area contributed by atoms with Crippen LogP contribution in [0.2, 0.25) is 0 Å². The van der Waals surface area contributed by atoms with Gasteiger partial charge in [-0.3, -0.25) is 4.79 Å². The van der Waals surface area contributed by atoms with Crippen LogP contribution in [0.4, 0.5) is 0 Å². The second-order valence-electron chi connectivity index (χ2n) is 6.68. The first-order valence-electron chi connectivity index (χ1n) is 8.74. The number of benzene rings is 1. The van der Waals surface area contributed by atoms with Crippen molar-refractivity contribution in [3.8, 4) is 11.5 Å². The number of aryl methyl sites for hydroxylation is 1. The predicted octanol–water partition coefficient (Wildman–Crippen LogP) is 3.43. The molecule has 2 aliphatic rings. The maximum atomic E-state index is 12.5. The molecule has 1 aromatic rings. The van der Waals surface area contributed by atoms with Gasteiger partial charge in [-0.1, -0.05) is 6.07 Å². The zero-order valence-corrected chi connectivity index (χ0v) is 14.2. The molecule has 0 bridgehead atoms. The van der Waals surface area contributed by atoms with E-state index in [9.17, 15) is 4.79 Å². The fraction of sp³-hybridized carbons (Fsp3) is 0.632. The highest BCUT2D eigenvalue weighted by atomic mass is 16.5. The maximum absolute atomic E-state index is 12.5. The van der Waals surface area contributed by atoms with Gasteiger partial charge in [0.25, 0.3) is 0 Å². The van der Waals surface area contributed by atoms with E-state index in [0.717, 1.165) is 56.6 Å². The Kier molecular flexibility index (Phi) is 5.09. The fourth-order valence-corrected chi connectivity index (χ4v) is 3.53. The quantitative estimate of drug-likeness (QED) is 0.807. The monoisotopic (exact) mass is 317 g/mol. The Hall–Kier alpha value is -1.71. The van der Waals surface area contributed by atoms with Crippen molar-refractivity contribution in [2.45, 2.75) is 51.0 Å². The highest BCUT2D eigenvalue weighted by Gasteiger charge is 2.36. The van der Waals surface area contributed by atoms with Gasteiger partial charge in [-0.25, -0.2) is 0 Å². The molecule has 0 unspecified atom stereocenters. The average Bonchev–Trinajstić information content (AvgIpc) is 3.44. The molecule has 1 aliphatic carbocycles. The Labute approximate surface area is 138 Å². The molecule has 1 aliphatic heterocycles. The van der Waals surface area contributed by atoms with Gasteiger partial charge in [-0.15, -0.1) is 0 Å². The van der Waals surface area contributed by atoms with Gasteiger partial charge in [0.1, 0.15) is 0 Å². The van der Waals surface area contributed by atoms with Crippen LogP contribution >= 0.6 is 0 Å². The van der Waals surface area contributed by atoms with E-state index < -0.39 is 0 Å². The molecule has 23 heavy (non-hydrogen) atoms. The second kappa shape index (κ2) is 7.24. The van der Waals surface area contributed by atoms with Gasteiger partial charge in [-0.2, -0.15) is 0 Å². The van der Waals surface area contributed by atoms with E-state index in [1.807, 2.05) is 6.07 Å². The third kappa shape index (κ3) is 3.80. The third-order valence-corrected chi connectivity index (χ3v) is 5.05. The number of piperidine rings is 1. The maximum Gasteiger partial charge on any atom is 0.225 e. The summed E-state index contributed by atoms with van der Waals surface area (Å²) in [7, 11) is 3.32. The summed E-state index contributed by atoms with van der Waals surface area (Å²) in [5.41, 5.74) is 1.24. The van der Waals surface area contributed by atoms with Crippen LogP contribution in [0.25, 0.3) is 0 Å². The molecule has 1 amide bonds. The first-order valence-corrected chi connectivity index (χ1v) is 8.74. The third-order valence-electron chi connectivity index (χ3n) is 5.05. The first kappa shape index (κ1) is 16.2. The van der Waals surface area contributed by atoms with E-state index >= 15 is 0 Å². The van der Waals surface area contributed by atoms with E-state index in [-0.39, 0.29) is 0 Å². The van der Waals surface area contributed by atoms with Crippen molar-refractivity contribution in [3.63, 3.8) is 0 Å². The standard InChI is InChI=1S/C19H27NO3/c1-22-17-11-7-14(13-18(17)23-2)6-10-16-5-3-4-12-20(16)19(21)15-8-9-15/h7,11,13,15-16H,3-6,8-10,12H2,1-2H3/t16-/m0/s1. The van der Waals surface area contributed by atoms with Crippen molar-refractivity contribution in [2.24, 2.45) is 5.92 Å². The van der Waals surface area contributed by atoms with Gasteiger partial charge in [0.2, 0.25) is 5.91 Å². The summed E-state index contributed by atoms with van der Waals surface area (Å²) in [6.07, 6.45) is 7.74. The molecule has 0 aromatic heterocycles. The number of amides is 1. The van der Waals surface area contributed by atoms with E-state index in [4.69, 9.17) is 9.47 Å². The predicted molar refractivity (Wildman–Crippen MR) is 89.9 cm³/mol. The van der Waals surface area contributed by atoms with Crippen molar-refractivity contribution in [3.05, 3.63) is 23.8 Å². The van der Waals surface area contributed by atoms with Gasteiger partial charge >= 0.3 is 0 Å². The number of likely N-dealkylation sites (tertiary alicyclic amines) is 1. The van der Waals surface area contributed by atoms with Crippen LogP contribution in [-0.2, 0) is 11.2 Å². The summed E-state index contributed by atoms with van der Waals surface area (Å²) >= 11 is 0. The molecular weight excluding hydrogens is 290 g/mol. The Morgan fingerprint density at radius 1 is 1.13 bits per heavy atom. The first-order chi connectivity index (χ1) is 11.2. The zero-order valence-electron chi connectivity index (χ0n) is 14.2. The lowest BCUT2D eigenvalue weighted by Gasteiger charge is -2.36. The van der Waals surface area contributed by atoms with Gasteiger partial charge in [0, 0.05) is 18.5 Å². The van der Waals surface area contributed by atoms with E-state index in [1.165, 1.54) is 12.0 Å². The minimum absolute atomic E-state index is 0.330. The number of carbonyl (C=O) groups excluding carboxylic acids is 1. The van der Waals surface area contributed by atoms with Crippen LogP contribution in [0, 0.1) is 5.92 Å². The van der Waals surface area contributed by atoms with Crippen molar-refractivity contribution in [1.29, 1.82) is 0 Å². The summed E-state index contributed by atoms with van der Waals surface area (Å²) in [6.45, 7) is 0.950. The topological polar surface area (TPSA) is 38.8 Å². The lowest BCUT2D eigenvalue weighted by atomic mass is 9.95. The van der Waals surface area contributed by atoms with Crippen LogP contribution in [0.1, 0.15) is 44.1 Å². The summed E-state index contributed by atoms with van der Waals surface area (Å²) < 4.78 is 10.7. The molecule has 1 saturated heterocycles. The number of nitrogens with zero attached hydrogens (tertiary/aromatic N) is 1. The Bertz CT molecular complexity index is 554. The molecule has 4 heteroatoms. The largest absolute Gasteiger partial charge is 0.493 e. The SMILES string of the molecule is COc1ccc(CC[C@@H]2CCCCN2C(=O)C2CC2)cc1OC. The number of hydrogen-bond acceptors (Lipinski definition) is 3. The second-order valence-corrected chi connectivity index (χ2v) is 6.68. The van der Waals surface area contributed by atoms with Crippen LogP contribution in [0.15, 0.2) is 18.2 Å². The molecule has 1 atom stereocenters. The number of hydrogen-bond donors (Lipinski definition) is 0. The van der Waals surface area contributed by atoms with Crippen molar-refractivity contribution in [1.82, 2.24) is 4.90 Å². The molecule has 0 spiro atoms. The van der Waals surface area contributed by atoms with Crippen LogP contribution in [0.3, 0.4) is 0 Å². The van der Waals surface area contributed by atoms with Gasteiger partial charge < -0.3 is 14.4 Å². The minimum atomic E-state index is 0.330. The summed E-state index contributed by atoms with van der Waals surface area (Å²) in [5, 5.41) is 0. The van der Waals surface area contributed by atoms with E-state index in [0.29, 0.717) is 17.9 Å². The summed E-state index contributed by atoms with van der Waals surface area (Å²) in [6, 6.07) is 6.51. The van der Waals surface area contributed by atoms with Gasteiger partial charge in [0.15, 0.2) is 11.5 Å². The van der Waals surface area contributed by atoms with Crippen molar-refractivity contribution in [2.75, 3.05) is 20.8 Å². The Morgan fingerprint density at radius 2 is 1.91 bits per heavy atom. The van der Waals surface area contributed by atoms with E-state index in [2.05, 4.69) is 17.0 Å². The number of ether oxygens (including phenoxy) is 2. The Morgan fingerprint density at radius 3 is 2.61 bits per heavy atom. The zero-order chi connectivity index (χ0) is 16.2. The Balaban J connectivity index is 1.62. The molecule has 0 N–H and O–H groups in total. The molecule has 1 heterocycles. The van der Waals surface area contributed by atoms with Crippen LogP contribution < -0.4 is 9.47 Å². The van der Waals surface area contributed by atoms with Crippen molar-refractivity contribution >= 4 is 5.91 Å². The molecule has 126 valence electrons. The number of carbonyl (C=O) groups is 1. The lowest BCUT2D eigenvalue weighted by molar-refractivity contribution is -0.136. The summed E-state index contributed by atoms with van der Waals surface area (Å²) in [5.74, 6) is 2.28. The minimum Gasteiger partial charge on any atom is -0.493 e. The molecule has 1 aromatic carbocycles. The van der Waals surface area contributed by atoms with Crippen molar-refractivity contribution < 1.29 is 14.3 Å². The molecule has 1 saturated carbocycles. The van der Waals surface area contributed by atoms with Crippen LogP contribution in [0.5, 0.6) is 11.5 Å². The highest BCUT2D eigenvalue weighted by molar-refractivity contribution is 5.81. The molecule has 4 nitrogen and oxygen atoms in total. The van der Waals surface area contributed by atoms with Gasteiger partial charge in [0.05, 0.1) is 14.2 Å². The smallest absolute Gasteiger partial charge is 0.225 e. The molecule has 0 radical (unpaired) electrons. The van der Waals surface area contributed by atoms with Gasteiger partial charge in [-0.05, 0) is 62.6 Å². The molecule has 2 fully saturated rings. The lowest BCUT2D eigenvalue weighted by Crippen LogP contribution is -2.44. The highest BCUT2D eigenvalue weighted by Crippen LogP contribution is 2.34.